The second kappa shape index (κ2) is 7.32. The third-order valence-electron chi connectivity index (χ3n) is 4.91. The van der Waals surface area contributed by atoms with Crippen LogP contribution in [0.3, 0.4) is 0 Å². The Morgan fingerprint density at radius 1 is 1.22 bits per heavy atom. The third kappa shape index (κ3) is 3.85. The molecule has 2 unspecified atom stereocenters. The van der Waals surface area contributed by atoms with Crippen molar-refractivity contribution in [3.63, 3.8) is 0 Å². The molecule has 2 atom stereocenters. The Hall–Kier alpha value is -1.59. The predicted molar refractivity (Wildman–Crippen MR) is 88.4 cm³/mol. The van der Waals surface area contributed by atoms with Crippen molar-refractivity contribution in [3.8, 4) is 5.75 Å². The van der Waals surface area contributed by atoms with Gasteiger partial charge in [0.2, 0.25) is 5.91 Å². The van der Waals surface area contributed by atoms with Crippen LogP contribution in [0.25, 0.3) is 0 Å². The number of carbonyl (C=O) groups is 1. The third-order valence-corrected chi connectivity index (χ3v) is 4.91. The average molecular weight is 318 g/mol. The highest BCUT2D eigenvalue weighted by Crippen LogP contribution is 2.33. The standard InChI is InChI=1S/C18H26N2O3/c1-23-16-8-6-14(7-9-16)17-5-3-11-20(17)18(22)13-19-10-2-4-15(21)12-19/h6-9,15,17,21H,2-5,10-13H2,1H3. The first kappa shape index (κ1) is 16.3. The number of β-amino-alcohol motifs (C(OH)–C–C–N with tert-alkyl or cyclic N) is 1. The van der Waals surface area contributed by atoms with Gasteiger partial charge in [0.15, 0.2) is 0 Å². The maximum atomic E-state index is 12.7. The minimum absolute atomic E-state index is 0.170. The fourth-order valence-corrected chi connectivity index (χ4v) is 3.69. The second-order valence-corrected chi connectivity index (χ2v) is 6.55. The Morgan fingerprint density at radius 2 is 1.96 bits per heavy atom. The molecule has 0 aliphatic carbocycles. The molecule has 5 nitrogen and oxygen atoms in total. The number of aliphatic hydroxyl groups is 1. The Kier molecular flexibility index (Phi) is 5.18. The summed E-state index contributed by atoms with van der Waals surface area (Å²) in [5.74, 6) is 1.02. The normalized spacial score (nSPS) is 25.6. The van der Waals surface area contributed by atoms with Gasteiger partial charge in [-0.05, 0) is 49.9 Å². The van der Waals surface area contributed by atoms with E-state index in [-0.39, 0.29) is 18.1 Å². The highest BCUT2D eigenvalue weighted by molar-refractivity contribution is 5.79. The lowest BCUT2D eigenvalue weighted by Crippen LogP contribution is -2.45. The van der Waals surface area contributed by atoms with E-state index in [2.05, 4.69) is 17.0 Å². The number of aliphatic hydroxyl groups excluding tert-OH is 1. The molecule has 0 aromatic heterocycles. The van der Waals surface area contributed by atoms with Gasteiger partial charge in [-0.3, -0.25) is 9.69 Å². The minimum Gasteiger partial charge on any atom is -0.497 e. The molecule has 0 bridgehead atoms. The zero-order chi connectivity index (χ0) is 16.2. The first-order valence-corrected chi connectivity index (χ1v) is 8.51. The summed E-state index contributed by atoms with van der Waals surface area (Å²) < 4.78 is 5.21. The van der Waals surface area contributed by atoms with Gasteiger partial charge in [-0.2, -0.15) is 0 Å². The summed E-state index contributed by atoms with van der Waals surface area (Å²) in [6, 6.07) is 8.19. The summed E-state index contributed by atoms with van der Waals surface area (Å²) >= 11 is 0. The summed E-state index contributed by atoms with van der Waals surface area (Å²) in [4.78, 5) is 16.8. The SMILES string of the molecule is COc1ccc(C2CCCN2C(=O)CN2CCCC(O)C2)cc1. The van der Waals surface area contributed by atoms with Gasteiger partial charge >= 0.3 is 0 Å². The number of piperidine rings is 1. The fraction of sp³-hybridized carbons (Fsp3) is 0.611. The van der Waals surface area contributed by atoms with Crippen molar-refractivity contribution in [2.75, 3.05) is 33.3 Å². The van der Waals surface area contributed by atoms with Crippen LogP contribution in [0.15, 0.2) is 24.3 Å². The van der Waals surface area contributed by atoms with Crippen LogP contribution in [0, 0.1) is 0 Å². The molecule has 2 heterocycles. The van der Waals surface area contributed by atoms with E-state index in [1.165, 1.54) is 5.56 Å². The molecule has 0 saturated carbocycles. The highest BCUT2D eigenvalue weighted by atomic mass is 16.5. The molecule has 1 N–H and O–H groups in total. The molecule has 1 amide bonds. The average Bonchev–Trinajstić information content (AvgIpc) is 3.05. The van der Waals surface area contributed by atoms with Gasteiger partial charge in [-0.1, -0.05) is 12.1 Å². The molecule has 1 aromatic carbocycles. The van der Waals surface area contributed by atoms with E-state index < -0.39 is 0 Å². The van der Waals surface area contributed by atoms with Crippen LogP contribution >= 0.6 is 0 Å². The number of amides is 1. The smallest absolute Gasteiger partial charge is 0.237 e. The van der Waals surface area contributed by atoms with Crippen LogP contribution in [0.4, 0.5) is 0 Å². The maximum absolute atomic E-state index is 12.7. The van der Waals surface area contributed by atoms with E-state index in [9.17, 15) is 9.90 Å². The van der Waals surface area contributed by atoms with Crippen LogP contribution in [-0.4, -0.2) is 60.2 Å². The quantitative estimate of drug-likeness (QED) is 0.920. The highest BCUT2D eigenvalue weighted by Gasteiger charge is 2.31. The fourth-order valence-electron chi connectivity index (χ4n) is 3.69. The van der Waals surface area contributed by atoms with Crippen LogP contribution < -0.4 is 4.74 Å². The van der Waals surface area contributed by atoms with E-state index in [0.29, 0.717) is 13.1 Å². The minimum atomic E-state index is -0.285. The van der Waals surface area contributed by atoms with E-state index in [0.717, 1.165) is 44.5 Å². The molecule has 2 fully saturated rings. The van der Waals surface area contributed by atoms with E-state index >= 15 is 0 Å². The Morgan fingerprint density at radius 3 is 2.65 bits per heavy atom. The van der Waals surface area contributed by atoms with Gasteiger partial charge in [0.1, 0.15) is 5.75 Å². The summed E-state index contributed by atoms with van der Waals surface area (Å²) in [5.41, 5.74) is 1.18. The van der Waals surface area contributed by atoms with Crippen LogP contribution in [-0.2, 0) is 4.79 Å². The van der Waals surface area contributed by atoms with Gasteiger partial charge in [-0.15, -0.1) is 0 Å². The first-order valence-electron chi connectivity index (χ1n) is 8.51. The Balaban J connectivity index is 1.64. The largest absolute Gasteiger partial charge is 0.497 e. The van der Waals surface area contributed by atoms with Gasteiger partial charge in [-0.25, -0.2) is 0 Å². The zero-order valence-corrected chi connectivity index (χ0v) is 13.8. The van der Waals surface area contributed by atoms with Crippen LogP contribution in [0.5, 0.6) is 5.75 Å². The molecule has 126 valence electrons. The zero-order valence-electron chi connectivity index (χ0n) is 13.8. The lowest BCUT2D eigenvalue weighted by molar-refractivity contribution is -0.134. The number of rotatable bonds is 4. The van der Waals surface area contributed by atoms with Crippen molar-refractivity contribution in [2.45, 2.75) is 37.8 Å². The van der Waals surface area contributed by atoms with Crippen molar-refractivity contribution >= 4 is 5.91 Å². The number of carbonyl (C=O) groups excluding carboxylic acids is 1. The van der Waals surface area contributed by atoms with Crippen LogP contribution in [0.2, 0.25) is 0 Å². The maximum Gasteiger partial charge on any atom is 0.237 e. The molecular formula is C18H26N2O3. The number of hydrogen-bond acceptors (Lipinski definition) is 4. The van der Waals surface area contributed by atoms with E-state index in [1.54, 1.807) is 7.11 Å². The van der Waals surface area contributed by atoms with Gasteiger partial charge in [0.25, 0.3) is 0 Å². The topological polar surface area (TPSA) is 53.0 Å². The van der Waals surface area contributed by atoms with E-state index in [4.69, 9.17) is 4.74 Å². The Labute approximate surface area is 137 Å². The van der Waals surface area contributed by atoms with Gasteiger partial charge in [0, 0.05) is 13.1 Å². The number of benzene rings is 1. The van der Waals surface area contributed by atoms with Crippen molar-refractivity contribution in [1.29, 1.82) is 0 Å². The van der Waals surface area contributed by atoms with Crippen molar-refractivity contribution in [2.24, 2.45) is 0 Å². The van der Waals surface area contributed by atoms with Gasteiger partial charge < -0.3 is 14.7 Å². The number of nitrogens with zero attached hydrogens (tertiary/aromatic N) is 2. The molecular weight excluding hydrogens is 292 g/mol. The first-order chi connectivity index (χ1) is 11.2. The predicted octanol–water partition coefficient (Wildman–Crippen LogP) is 1.82. The molecule has 23 heavy (non-hydrogen) atoms. The number of hydrogen-bond donors (Lipinski definition) is 1. The molecule has 1 aromatic rings. The van der Waals surface area contributed by atoms with E-state index in [1.807, 2.05) is 17.0 Å². The summed E-state index contributed by atoms with van der Waals surface area (Å²) in [6.07, 6.45) is 3.60. The molecule has 0 radical (unpaired) electrons. The van der Waals surface area contributed by atoms with Crippen molar-refractivity contribution in [1.82, 2.24) is 9.80 Å². The van der Waals surface area contributed by atoms with Crippen LogP contribution in [0.1, 0.15) is 37.3 Å². The summed E-state index contributed by atoms with van der Waals surface area (Å²) in [7, 11) is 1.66. The molecule has 3 rings (SSSR count). The van der Waals surface area contributed by atoms with Crippen molar-refractivity contribution in [3.05, 3.63) is 29.8 Å². The monoisotopic (exact) mass is 318 g/mol. The molecule has 2 aliphatic heterocycles. The molecule has 5 heteroatoms. The lowest BCUT2D eigenvalue weighted by atomic mass is 10.0. The lowest BCUT2D eigenvalue weighted by Gasteiger charge is -2.32. The number of methoxy groups -OCH3 is 1. The second-order valence-electron chi connectivity index (χ2n) is 6.55. The Bertz CT molecular complexity index is 532. The molecule has 0 spiro atoms. The number of ether oxygens (including phenoxy) is 1. The molecule has 2 aliphatic rings. The van der Waals surface area contributed by atoms with Crippen molar-refractivity contribution < 1.29 is 14.6 Å². The van der Waals surface area contributed by atoms with Gasteiger partial charge in [0.05, 0.1) is 25.8 Å². The summed E-state index contributed by atoms with van der Waals surface area (Å²) in [5, 5.41) is 9.76. The summed E-state index contributed by atoms with van der Waals surface area (Å²) in [6.45, 7) is 2.77. The molecule has 2 saturated heterocycles. The number of likely N-dealkylation sites (tertiary alicyclic amines) is 2.